The average Bonchev–Trinajstić information content (AvgIpc) is 2.29. The van der Waals surface area contributed by atoms with E-state index in [-0.39, 0.29) is 6.04 Å². The van der Waals surface area contributed by atoms with Gasteiger partial charge in [-0.1, -0.05) is 13.8 Å². The van der Waals surface area contributed by atoms with Gasteiger partial charge in [-0.2, -0.15) is 0 Å². The molecule has 0 spiro atoms. The van der Waals surface area contributed by atoms with Gasteiger partial charge in [0.2, 0.25) is 10.0 Å². The minimum absolute atomic E-state index is 0.284. The summed E-state index contributed by atoms with van der Waals surface area (Å²) in [7, 11) is 0.673. The lowest BCUT2D eigenvalue weighted by atomic mass is 10.3. The Bertz CT molecular complexity index is 318. The summed E-state index contributed by atoms with van der Waals surface area (Å²) in [5.74, 6) is 0. The highest BCUT2D eigenvalue weighted by molar-refractivity contribution is 7.90. The van der Waals surface area contributed by atoms with Crippen molar-refractivity contribution in [2.45, 2.75) is 32.1 Å². The molecule has 0 aliphatic heterocycles. The summed E-state index contributed by atoms with van der Waals surface area (Å²) >= 11 is 0. The number of nitrogens with zero attached hydrogens (tertiary/aromatic N) is 1. The van der Waals surface area contributed by atoms with E-state index in [2.05, 4.69) is 10.0 Å². The van der Waals surface area contributed by atoms with Crippen molar-refractivity contribution in [1.29, 1.82) is 0 Å². The van der Waals surface area contributed by atoms with E-state index in [9.17, 15) is 8.42 Å². The summed E-state index contributed by atoms with van der Waals surface area (Å²) in [6.45, 7) is 8.30. The monoisotopic (exact) mass is 295 g/mol. The van der Waals surface area contributed by atoms with Crippen LogP contribution in [0.15, 0.2) is 0 Å². The van der Waals surface area contributed by atoms with E-state index < -0.39 is 15.3 Å². The lowest BCUT2D eigenvalue weighted by Crippen LogP contribution is -2.41. The van der Waals surface area contributed by atoms with Crippen molar-refractivity contribution in [3.8, 4) is 0 Å². The summed E-state index contributed by atoms with van der Waals surface area (Å²) < 4.78 is 31.6. The normalized spacial score (nSPS) is 14.3. The zero-order valence-corrected chi connectivity index (χ0v) is 13.6. The smallest absolute Gasteiger partial charge is 0.215 e. The highest BCUT2D eigenvalue weighted by atomic mass is 32.2. The standard InChI is InChI=1S/C12H29N3O3S/c1-11(2)13-10-12(3)19(16,17)14-6-8-18-9-7-15(4)5/h11-14H,6-10H2,1-5H3. The van der Waals surface area contributed by atoms with E-state index in [1.54, 1.807) is 6.92 Å². The molecular weight excluding hydrogens is 266 g/mol. The first-order chi connectivity index (χ1) is 8.75. The highest BCUT2D eigenvalue weighted by Crippen LogP contribution is 1.97. The van der Waals surface area contributed by atoms with Gasteiger partial charge in [-0.25, -0.2) is 13.1 Å². The Hall–Kier alpha value is -0.210. The van der Waals surface area contributed by atoms with Gasteiger partial charge < -0.3 is 15.0 Å². The van der Waals surface area contributed by atoms with Crippen LogP contribution in [0.3, 0.4) is 0 Å². The van der Waals surface area contributed by atoms with Gasteiger partial charge >= 0.3 is 0 Å². The fourth-order valence-corrected chi connectivity index (χ4v) is 2.23. The van der Waals surface area contributed by atoms with Gasteiger partial charge in [-0.3, -0.25) is 0 Å². The quantitative estimate of drug-likeness (QED) is 0.520. The predicted octanol–water partition coefficient (Wildman–Crippen LogP) is -0.129. The Morgan fingerprint density at radius 1 is 1.16 bits per heavy atom. The summed E-state index contributed by atoms with van der Waals surface area (Å²) in [6, 6.07) is 0.284. The van der Waals surface area contributed by atoms with Crippen molar-refractivity contribution in [3.63, 3.8) is 0 Å². The second-order valence-corrected chi connectivity index (χ2v) is 7.41. The van der Waals surface area contributed by atoms with Crippen LogP contribution < -0.4 is 10.0 Å². The van der Waals surface area contributed by atoms with E-state index in [1.807, 2.05) is 32.8 Å². The molecule has 0 radical (unpaired) electrons. The van der Waals surface area contributed by atoms with E-state index >= 15 is 0 Å². The number of likely N-dealkylation sites (N-methyl/N-ethyl adjacent to an activating group) is 1. The largest absolute Gasteiger partial charge is 0.379 e. The van der Waals surface area contributed by atoms with Crippen LogP contribution in [-0.4, -0.2) is 71.6 Å². The molecule has 0 fully saturated rings. The van der Waals surface area contributed by atoms with Crippen LogP contribution in [0, 0.1) is 0 Å². The first-order valence-corrected chi connectivity index (χ1v) is 8.24. The van der Waals surface area contributed by atoms with Gasteiger partial charge in [0, 0.05) is 25.7 Å². The molecular formula is C12H29N3O3S. The van der Waals surface area contributed by atoms with Crippen LogP contribution in [0.4, 0.5) is 0 Å². The zero-order valence-electron chi connectivity index (χ0n) is 12.8. The van der Waals surface area contributed by atoms with E-state index in [4.69, 9.17) is 4.74 Å². The summed E-state index contributed by atoms with van der Waals surface area (Å²) in [5.41, 5.74) is 0. The van der Waals surface area contributed by atoms with E-state index in [0.29, 0.717) is 26.3 Å². The minimum Gasteiger partial charge on any atom is -0.379 e. The number of nitrogens with one attached hydrogen (secondary N) is 2. The van der Waals surface area contributed by atoms with Crippen molar-refractivity contribution in [1.82, 2.24) is 14.9 Å². The van der Waals surface area contributed by atoms with Crippen LogP contribution in [0.1, 0.15) is 20.8 Å². The van der Waals surface area contributed by atoms with Gasteiger partial charge in [0.05, 0.1) is 18.5 Å². The molecule has 0 amide bonds. The molecule has 7 heteroatoms. The molecule has 19 heavy (non-hydrogen) atoms. The molecule has 116 valence electrons. The maximum Gasteiger partial charge on any atom is 0.215 e. The molecule has 0 aromatic heterocycles. The molecule has 0 aliphatic carbocycles. The maximum atomic E-state index is 11.9. The topological polar surface area (TPSA) is 70.7 Å². The minimum atomic E-state index is -3.26. The van der Waals surface area contributed by atoms with E-state index in [1.165, 1.54) is 0 Å². The number of ether oxygens (including phenoxy) is 1. The summed E-state index contributed by atoms with van der Waals surface area (Å²) in [5, 5.41) is 2.67. The van der Waals surface area contributed by atoms with Gasteiger partial charge in [-0.15, -0.1) is 0 Å². The Kier molecular flexibility index (Phi) is 9.55. The molecule has 0 bridgehead atoms. The number of hydrogen-bond donors (Lipinski definition) is 2. The lowest BCUT2D eigenvalue weighted by Gasteiger charge is -2.16. The van der Waals surface area contributed by atoms with Crippen LogP contribution in [0.5, 0.6) is 0 Å². The molecule has 2 N–H and O–H groups in total. The molecule has 1 atom stereocenters. The number of rotatable bonds is 11. The predicted molar refractivity (Wildman–Crippen MR) is 78.9 cm³/mol. The second-order valence-electron chi connectivity index (χ2n) is 5.23. The fraction of sp³-hybridized carbons (Fsp3) is 1.00. The van der Waals surface area contributed by atoms with Crippen LogP contribution >= 0.6 is 0 Å². The summed E-state index contributed by atoms with van der Waals surface area (Å²) in [6.07, 6.45) is 0. The zero-order chi connectivity index (χ0) is 14.9. The first kappa shape index (κ1) is 18.8. The third-order valence-corrected chi connectivity index (χ3v) is 4.41. The molecule has 0 saturated carbocycles. The first-order valence-electron chi connectivity index (χ1n) is 6.70. The van der Waals surface area contributed by atoms with Crippen molar-refractivity contribution in [3.05, 3.63) is 0 Å². The average molecular weight is 295 g/mol. The van der Waals surface area contributed by atoms with Crippen molar-refractivity contribution >= 4 is 10.0 Å². The molecule has 0 rings (SSSR count). The molecule has 6 nitrogen and oxygen atoms in total. The lowest BCUT2D eigenvalue weighted by molar-refractivity contribution is 0.122. The SMILES string of the molecule is CC(C)NCC(C)S(=O)(=O)NCCOCCN(C)C. The molecule has 0 aromatic rings. The Morgan fingerprint density at radius 2 is 1.79 bits per heavy atom. The van der Waals surface area contributed by atoms with Crippen LogP contribution in [-0.2, 0) is 14.8 Å². The van der Waals surface area contributed by atoms with E-state index in [0.717, 1.165) is 6.54 Å². The molecule has 0 aliphatic rings. The Balaban J connectivity index is 3.78. The maximum absolute atomic E-state index is 11.9. The second kappa shape index (κ2) is 9.66. The number of sulfonamides is 1. The summed E-state index contributed by atoms with van der Waals surface area (Å²) in [4.78, 5) is 2.02. The Morgan fingerprint density at radius 3 is 2.32 bits per heavy atom. The third-order valence-electron chi connectivity index (χ3n) is 2.58. The number of hydrogen-bond acceptors (Lipinski definition) is 5. The van der Waals surface area contributed by atoms with Crippen molar-refractivity contribution in [2.24, 2.45) is 0 Å². The van der Waals surface area contributed by atoms with Crippen LogP contribution in [0.25, 0.3) is 0 Å². The third kappa shape index (κ3) is 10.3. The van der Waals surface area contributed by atoms with Crippen molar-refractivity contribution in [2.75, 3.05) is 46.9 Å². The van der Waals surface area contributed by atoms with Gasteiger partial charge in [0.15, 0.2) is 0 Å². The Labute approximate surface area is 117 Å². The van der Waals surface area contributed by atoms with Gasteiger partial charge in [0.1, 0.15) is 0 Å². The molecule has 0 aromatic carbocycles. The van der Waals surface area contributed by atoms with Crippen molar-refractivity contribution < 1.29 is 13.2 Å². The van der Waals surface area contributed by atoms with Gasteiger partial charge in [0.25, 0.3) is 0 Å². The fourth-order valence-electron chi connectivity index (χ4n) is 1.26. The molecule has 0 saturated heterocycles. The van der Waals surface area contributed by atoms with Gasteiger partial charge in [-0.05, 0) is 21.0 Å². The van der Waals surface area contributed by atoms with Crippen LogP contribution in [0.2, 0.25) is 0 Å². The molecule has 0 heterocycles. The highest BCUT2D eigenvalue weighted by Gasteiger charge is 2.19. The molecule has 1 unspecified atom stereocenters.